The molecular weight excluding hydrogens is 284 g/mol. The Morgan fingerprint density at radius 2 is 2.18 bits per heavy atom. The van der Waals surface area contributed by atoms with Gasteiger partial charge in [-0.3, -0.25) is 0 Å². The molecule has 0 heterocycles. The minimum absolute atomic E-state index is 0.111. The zero-order chi connectivity index (χ0) is 15.9. The van der Waals surface area contributed by atoms with Crippen molar-refractivity contribution in [2.75, 3.05) is 6.61 Å². The van der Waals surface area contributed by atoms with Gasteiger partial charge >= 0.3 is 0 Å². The average Bonchev–Trinajstić information content (AvgIpc) is 2.49. The summed E-state index contributed by atoms with van der Waals surface area (Å²) in [5, 5.41) is 3.34. The molecule has 4 heteroatoms. The van der Waals surface area contributed by atoms with Gasteiger partial charge in [0.25, 0.3) is 0 Å². The molecule has 1 atom stereocenters. The Labute approximate surface area is 130 Å². The minimum atomic E-state index is -0.651. The third-order valence-electron chi connectivity index (χ3n) is 4.01. The third kappa shape index (κ3) is 4.33. The number of hydrogen-bond acceptors (Lipinski definition) is 2. The molecule has 1 unspecified atom stereocenters. The van der Waals surface area contributed by atoms with Crippen LogP contribution in [-0.4, -0.2) is 6.61 Å². The Bertz CT molecular complexity index is 566. The van der Waals surface area contributed by atoms with Crippen LogP contribution in [0.1, 0.15) is 39.5 Å². The number of halogens is 2. The molecule has 0 amide bonds. The smallest absolute Gasteiger partial charge is 0.167 e. The quantitative estimate of drug-likeness (QED) is 0.804. The van der Waals surface area contributed by atoms with Crippen molar-refractivity contribution in [3.05, 3.63) is 53.4 Å². The van der Waals surface area contributed by atoms with Crippen LogP contribution in [0.4, 0.5) is 8.78 Å². The molecule has 1 aliphatic carbocycles. The van der Waals surface area contributed by atoms with E-state index in [0.29, 0.717) is 6.61 Å². The predicted molar refractivity (Wildman–Crippen MR) is 84.5 cm³/mol. The highest BCUT2D eigenvalue weighted by Crippen LogP contribution is 2.29. The number of nitrogens with one attached hydrogen (secondary N) is 1. The van der Waals surface area contributed by atoms with Crippen LogP contribution in [0.2, 0.25) is 0 Å². The summed E-state index contributed by atoms with van der Waals surface area (Å²) in [5.74, 6) is -0.870. The van der Waals surface area contributed by atoms with E-state index in [1.165, 1.54) is 23.4 Å². The number of ether oxygens (including phenoxy) is 1. The van der Waals surface area contributed by atoms with Gasteiger partial charge in [-0.2, -0.15) is 0 Å². The molecule has 2 nitrogen and oxygen atoms in total. The highest BCUT2D eigenvalue weighted by molar-refractivity contribution is 5.25. The minimum Gasteiger partial charge on any atom is -0.490 e. The normalized spacial score (nSPS) is 18.8. The number of allylic oxidation sites excluding steroid dienone is 2. The maximum Gasteiger partial charge on any atom is 0.167 e. The fraction of sp³-hybridized carbons (Fsp3) is 0.444. The van der Waals surface area contributed by atoms with Gasteiger partial charge in [-0.25, -0.2) is 8.78 Å². The molecule has 0 aliphatic heterocycles. The molecular formula is C18H23F2NO. The highest BCUT2D eigenvalue weighted by Gasteiger charge is 2.20. The van der Waals surface area contributed by atoms with Crippen molar-refractivity contribution in [3.8, 4) is 5.75 Å². The molecule has 0 radical (unpaired) electrons. The second-order valence-electron chi connectivity index (χ2n) is 5.59. The average molecular weight is 307 g/mol. The first-order valence-corrected chi connectivity index (χ1v) is 7.80. The third-order valence-corrected chi connectivity index (χ3v) is 4.01. The monoisotopic (exact) mass is 307 g/mol. The van der Waals surface area contributed by atoms with Gasteiger partial charge < -0.3 is 10.1 Å². The summed E-state index contributed by atoms with van der Waals surface area (Å²) in [7, 11) is 0. The second-order valence-corrected chi connectivity index (χ2v) is 5.59. The molecule has 1 aliphatic rings. The summed E-state index contributed by atoms with van der Waals surface area (Å²) >= 11 is 0. The Morgan fingerprint density at radius 1 is 1.36 bits per heavy atom. The number of rotatable bonds is 6. The molecule has 0 fully saturated rings. The van der Waals surface area contributed by atoms with Crippen LogP contribution < -0.4 is 10.1 Å². The Kier molecular flexibility index (Phi) is 5.99. The van der Waals surface area contributed by atoms with Crippen molar-refractivity contribution in [2.24, 2.45) is 5.92 Å². The summed E-state index contributed by atoms with van der Waals surface area (Å²) in [4.78, 5) is 0. The van der Waals surface area contributed by atoms with E-state index in [9.17, 15) is 8.78 Å². The maximum atomic E-state index is 13.6. The molecule has 0 aromatic heterocycles. The molecule has 2 rings (SSSR count). The summed E-state index contributed by atoms with van der Waals surface area (Å²) in [6.07, 6.45) is 8.18. The van der Waals surface area contributed by atoms with E-state index in [-0.39, 0.29) is 11.7 Å². The molecule has 0 saturated heterocycles. The Balaban J connectivity index is 1.99. The van der Waals surface area contributed by atoms with E-state index in [2.05, 4.69) is 25.2 Å². The van der Waals surface area contributed by atoms with Crippen LogP contribution in [0.15, 0.2) is 41.7 Å². The molecule has 120 valence electrons. The summed E-state index contributed by atoms with van der Waals surface area (Å²) < 4.78 is 32.0. The number of benzene rings is 1. The second kappa shape index (κ2) is 7.97. The lowest BCUT2D eigenvalue weighted by Gasteiger charge is -2.26. The number of hydrogen-bond donors (Lipinski definition) is 1. The standard InChI is InChI=1S/C18H23F2NO/c1-3-4-10-21-17-7-5-6-14(13(17)2)12-22-18-9-8-15(19)11-16(18)20/h4,8-11,14,21H,3,5-7,12H2,1-2H3/b10-4+. The predicted octanol–water partition coefficient (Wildman–Crippen LogP) is 4.93. The van der Waals surface area contributed by atoms with E-state index in [1.807, 2.05) is 6.20 Å². The molecule has 0 spiro atoms. The molecule has 1 N–H and O–H groups in total. The van der Waals surface area contributed by atoms with Crippen LogP contribution in [0, 0.1) is 17.6 Å². The van der Waals surface area contributed by atoms with Gasteiger partial charge in [-0.1, -0.05) is 13.0 Å². The first-order chi connectivity index (χ1) is 10.6. The Hall–Kier alpha value is -1.84. The largest absolute Gasteiger partial charge is 0.490 e. The van der Waals surface area contributed by atoms with Crippen molar-refractivity contribution >= 4 is 0 Å². The zero-order valence-electron chi connectivity index (χ0n) is 13.2. The lowest BCUT2D eigenvalue weighted by molar-refractivity contribution is 0.242. The molecule has 0 bridgehead atoms. The van der Waals surface area contributed by atoms with Crippen molar-refractivity contribution in [2.45, 2.75) is 39.5 Å². The molecule has 1 aromatic rings. The fourth-order valence-electron chi connectivity index (χ4n) is 2.64. The molecule has 0 saturated carbocycles. The molecule has 22 heavy (non-hydrogen) atoms. The van der Waals surface area contributed by atoms with E-state index < -0.39 is 11.6 Å². The van der Waals surface area contributed by atoms with Crippen molar-refractivity contribution in [1.82, 2.24) is 5.32 Å². The Morgan fingerprint density at radius 3 is 2.91 bits per heavy atom. The van der Waals surface area contributed by atoms with Gasteiger partial charge in [0.2, 0.25) is 0 Å². The first kappa shape index (κ1) is 16.5. The van der Waals surface area contributed by atoms with Gasteiger partial charge in [-0.05, 0) is 56.5 Å². The van der Waals surface area contributed by atoms with Gasteiger partial charge in [0.15, 0.2) is 11.6 Å². The van der Waals surface area contributed by atoms with E-state index >= 15 is 0 Å². The van der Waals surface area contributed by atoms with Crippen LogP contribution in [0.25, 0.3) is 0 Å². The lowest BCUT2D eigenvalue weighted by Crippen LogP contribution is -2.22. The summed E-state index contributed by atoms with van der Waals surface area (Å²) in [5.41, 5.74) is 2.48. The van der Waals surface area contributed by atoms with Gasteiger partial charge in [0, 0.05) is 17.7 Å². The fourth-order valence-corrected chi connectivity index (χ4v) is 2.64. The molecule has 1 aromatic carbocycles. The van der Waals surface area contributed by atoms with Crippen molar-refractivity contribution in [1.29, 1.82) is 0 Å². The van der Waals surface area contributed by atoms with Gasteiger partial charge in [0.05, 0.1) is 6.61 Å². The van der Waals surface area contributed by atoms with Crippen molar-refractivity contribution in [3.63, 3.8) is 0 Å². The van der Waals surface area contributed by atoms with Gasteiger partial charge in [-0.15, -0.1) is 0 Å². The lowest BCUT2D eigenvalue weighted by atomic mass is 9.87. The van der Waals surface area contributed by atoms with Gasteiger partial charge in [0.1, 0.15) is 5.82 Å². The van der Waals surface area contributed by atoms with E-state index in [0.717, 1.165) is 31.7 Å². The topological polar surface area (TPSA) is 21.3 Å². The highest BCUT2D eigenvalue weighted by atomic mass is 19.1. The van der Waals surface area contributed by atoms with Crippen LogP contribution in [-0.2, 0) is 0 Å². The van der Waals surface area contributed by atoms with Crippen LogP contribution in [0.5, 0.6) is 5.75 Å². The summed E-state index contributed by atoms with van der Waals surface area (Å²) in [6.45, 7) is 4.60. The SMILES string of the molecule is CC/C=C/NC1=C(C)C(COc2ccc(F)cc2F)CCC1. The first-order valence-electron chi connectivity index (χ1n) is 7.80. The van der Waals surface area contributed by atoms with E-state index in [1.54, 1.807) is 0 Å². The zero-order valence-corrected chi connectivity index (χ0v) is 13.2. The van der Waals surface area contributed by atoms with Crippen molar-refractivity contribution < 1.29 is 13.5 Å². The van der Waals surface area contributed by atoms with Crippen LogP contribution in [0.3, 0.4) is 0 Å². The van der Waals surface area contributed by atoms with E-state index in [4.69, 9.17) is 4.74 Å². The summed E-state index contributed by atoms with van der Waals surface area (Å²) in [6, 6.07) is 3.40. The maximum absolute atomic E-state index is 13.6. The van der Waals surface area contributed by atoms with Crippen LogP contribution >= 0.6 is 0 Å².